The molecule has 3 rings (SSSR count). The molecule has 1 aliphatic rings. The molecule has 0 amide bonds. The normalized spacial score (nSPS) is 21.4. The highest BCUT2D eigenvalue weighted by molar-refractivity contribution is 5.78. The van der Waals surface area contributed by atoms with Crippen molar-refractivity contribution in [3.05, 3.63) is 35.8 Å². The van der Waals surface area contributed by atoms with Gasteiger partial charge in [0, 0.05) is 10.8 Å². The Morgan fingerprint density at radius 1 is 1.35 bits per heavy atom. The Morgan fingerprint density at radius 3 is 2.71 bits per heavy atom. The molecule has 1 unspecified atom stereocenters. The maximum absolute atomic E-state index is 13.1. The molecule has 1 N–H and O–H groups in total. The molecule has 1 atom stereocenters. The number of hydrogen-bond acceptors (Lipinski definition) is 2. The van der Waals surface area contributed by atoms with Gasteiger partial charge in [0.1, 0.15) is 22.8 Å². The lowest BCUT2D eigenvalue weighted by molar-refractivity contribution is -0.0304. The molecule has 0 saturated heterocycles. The van der Waals surface area contributed by atoms with Crippen LogP contribution in [0.5, 0.6) is 0 Å². The second kappa shape index (κ2) is 3.10. The minimum atomic E-state index is -0.984. The summed E-state index contributed by atoms with van der Waals surface area (Å²) in [5.74, 6) is 0.236. The molecular weight excluding hydrogens is 219 g/mol. The Hall–Kier alpha value is -1.35. The van der Waals surface area contributed by atoms with Crippen LogP contribution in [-0.4, -0.2) is 5.11 Å². The van der Waals surface area contributed by atoms with Crippen LogP contribution < -0.4 is 0 Å². The van der Waals surface area contributed by atoms with Crippen LogP contribution in [0.3, 0.4) is 0 Å². The summed E-state index contributed by atoms with van der Waals surface area (Å²) in [6.45, 7) is 3.81. The molecule has 1 heterocycles. The second-order valence-electron chi connectivity index (χ2n) is 5.43. The van der Waals surface area contributed by atoms with Crippen molar-refractivity contribution < 1.29 is 13.9 Å². The summed E-state index contributed by atoms with van der Waals surface area (Å²) in [5.41, 5.74) is -0.479. The third kappa shape index (κ3) is 1.49. The van der Waals surface area contributed by atoms with Crippen LogP contribution in [0.15, 0.2) is 28.7 Å². The van der Waals surface area contributed by atoms with E-state index in [1.807, 2.05) is 6.92 Å². The summed E-state index contributed by atoms with van der Waals surface area (Å²) in [5, 5.41) is 11.3. The van der Waals surface area contributed by atoms with Crippen LogP contribution in [0.2, 0.25) is 0 Å². The molecule has 3 heteroatoms. The highest BCUT2D eigenvalue weighted by atomic mass is 19.1. The van der Waals surface area contributed by atoms with Crippen LogP contribution in [0, 0.1) is 11.2 Å². The standard InChI is InChI=1S/C14H15FO2/c1-13(5-6-13)14(2,16)12-8-9-7-10(15)3-4-11(9)17-12/h3-4,7-8,16H,5-6H2,1-2H3. The molecule has 17 heavy (non-hydrogen) atoms. The van der Waals surface area contributed by atoms with E-state index in [2.05, 4.69) is 0 Å². The first-order valence-corrected chi connectivity index (χ1v) is 5.84. The van der Waals surface area contributed by atoms with Crippen LogP contribution in [0.4, 0.5) is 4.39 Å². The van der Waals surface area contributed by atoms with E-state index in [4.69, 9.17) is 4.42 Å². The monoisotopic (exact) mass is 234 g/mol. The maximum atomic E-state index is 13.1. The molecule has 2 aromatic rings. The quantitative estimate of drug-likeness (QED) is 0.861. The minimum absolute atomic E-state index is 0.112. The fraction of sp³-hybridized carbons (Fsp3) is 0.429. The van der Waals surface area contributed by atoms with Crippen molar-refractivity contribution >= 4 is 11.0 Å². The lowest BCUT2D eigenvalue weighted by Gasteiger charge is -2.27. The van der Waals surface area contributed by atoms with Crippen molar-refractivity contribution in [1.29, 1.82) is 0 Å². The van der Waals surface area contributed by atoms with Crippen LogP contribution in [0.1, 0.15) is 32.4 Å². The Bertz CT molecular complexity index is 579. The first-order chi connectivity index (χ1) is 7.92. The van der Waals surface area contributed by atoms with E-state index < -0.39 is 5.60 Å². The third-order valence-electron chi connectivity index (χ3n) is 4.13. The molecule has 1 saturated carbocycles. The van der Waals surface area contributed by atoms with Crippen molar-refractivity contribution in [2.45, 2.75) is 32.3 Å². The lowest BCUT2D eigenvalue weighted by atomic mass is 9.85. The van der Waals surface area contributed by atoms with Gasteiger partial charge in [-0.2, -0.15) is 0 Å². The zero-order valence-corrected chi connectivity index (χ0v) is 9.96. The summed E-state index contributed by atoms with van der Waals surface area (Å²) < 4.78 is 18.7. The Labute approximate surface area is 99.1 Å². The summed E-state index contributed by atoms with van der Waals surface area (Å²) in [4.78, 5) is 0. The molecule has 1 aromatic heterocycles. The Balaban J connectivity index is 2.12. The molecular formula is C14H15FO2. The van der Waals surface area contributed by atoms with E-state index in [9.17, 15) is 9.50 Å². The topological polar surface area (TPSA) is 33.4 Å². The zero-order chi connectivity index (χ0) is 12.3. The largest absolute Gasteiger partial charge is 0.458 e. The van der Waals surface area contributed by atoms with E-state index in [1.54, 1.807) is 19.1 Å². The minimum Gasteiger partial charge on any atom is -0.458 e. The van der Waals surface area contributed by atoms with Crippen molar-refractivity contribution in [3.8, 4) is 0 Å². The number of fused-ring (bicyclic) bond motifs is 1. The van der Waals surface area contributed by atoms with E-state index in [-0.39, 0.29) is 11.2 Å². The van der Waals surface area contributed by atoms with E-state index in [0.29, 0.717) is 16.7 Å². The fourth-order valence-corrected chi connectivity index (χ4v) is 2.23. The number of aliphatic hydroxyl groups is 1. The predicted octanol–water partition coefficient (Wildman–Crippen LogP) is 3.58. The average Bonchev–Trinajstić information content (AvgIpc) is 2.89. The SMILES string of the molecule is CC1(C(C)(O)c2cc3cc(F)ccc3o2)CC1. The number of furan rings is 1. The fourth-order valence-electron chi connectivity index (χ4n) is 2.23. The third-order valence-corrected chi connectivity index (χ3v) is 4.13. The predicted molar refractivity (Wildman–Crippen MR) is 63.1 cm³/mol. The molecule has 2 nitrogen and oxygen atoms in total. The van der Waals surface area contributed by atoms with Gasteiger partial charge in [0.2, 0.25) is 0 Å². The van der Waals surface area contributed by atoms with Crippen LogP contribution in [0.25, 0.3) is 11.0 Å². The van der Waals surface area contributed by atoms with Gasteiger partial charge in [-0.1, -0.05) is 6.92 Å². The van der Waals surface area contributed by atoms with Crippen molar-refractivity contribution in [2.24, 2.45) is 5.41 Å². The average molecular weight is 234 g/mol. The van der Waals surface area contributed by atoms with Crippen molar-refractivity contribution in [2.75, 3.05) is 0 Å². The van der Waals surface area contributed by atoms with Gasteiger partial charge in [0.25, 0.3) is 0 Å². The molecule has 0 bridgehead atoms. The van der Waals surface area contributed by atoms with E-state index in [1.165, 1.54) is 12.1 Å². The Kier molecular flexibility index (Phi) is 1.97. The van der Waals surface area contributed by atoms with Crippen LogP contribution >= 0.6 is 0 Å². The molecule has 1 aromatic carbocycles. The summed E-state index contributed by atoms with van der Waals surface area (Å²) >= 11 is 0. The Morgan fingerprint density at radius 2 is 2.06 bits per heavy atom. The summed E-state index contributed by atoms with van der Waals surface area (Å²) in [7, 11) is 0. The van der Waals surface area contributed by atoms with Gasteiger partial charge in [-0.05, 0) is 44.0 Å². The number of halogens is 1. The van der Waals surface area contributed by atoms with Gasteiger partial charge < -0.3 is 9.52 Å². The van der Waals surface area contributed by atoms with E-state index >= 15 is 0 Å². The molecule has 0 spiro atoms. The molecule has 90 valence electrons. The van der Waals surface area contributed by atoms with Gasteiger partial charge in [0.15, 0.2) is 0 Å². The smallest absolute Gasteiger partial charge is 0.137 e. The zero-order valence-electron chi connectivity index (χ0n) is 9.96. The summed E-state index contributed by atoms with van der Waals surface area (Å²) in [6, 6.07) is 6.12. The molecule has 0 aliphatic heterocycles. The van der Waals surface area contributed by atoms with Crippen molar-refractivity contribution in [1.82, 2.24) is 0 Å². The second-order valence-corrected chi connectivity index (χ2v) is 5.43. The van der Waals surface area contributed by atoms with Gasteiger partial charge in [0.05, 0.1) is 0 Å². The maximum Gasteiger partial charge on any atom is 0.137 e. The highest BCUT2D eigenvalue weighted by Gasteiger charge is 2.54. The molecule has 1 fully saturated rings. The van der Waals surface area contributed by atoms with Gasteiger partial charge in [-0.3, -0.25) is 0 Å². The van der Waals surface area contributed by atoms with Crippen molar-refractivity contribution in [3.63, 3.8) is 0 Å². The van der Waals surface area contributed by atoms with E-state index in [0.717, 1.165) is 12.8 Å². The number of rotatable bonds is 2. The first kappa shape index (κ1) is 10.8. The van der Waals surface area contributed by atoms with Gasteiger partial charge in [-0.15, -0.1) is 0 Å². The molecule has 1 aliphatic carbocycles. The van der Waals surface area contributed by atoms with Crippen LogP contribution in [-0.2, 0) is 5.60 Å². The summed E-state index contributed by atoms with van der Waals surface area (Å²) in [6.07, 6.45) is 1.98. The lowest BCUT2D eigenvalue weighted by Crippen LogP contribution is -2.30. The van der Waals surface area contributed by atoms with Gasteiger partial charge in [-0.25, -0.2) is 4.39 Å². The first-order valence-electron chi connectivity index (χ1n) is 5.84. The van der Waals surface area contributed by atoms with Gasteiger partial charge >= 0.3 is 0 Å². The number of benzene rings is 1. The highest BCUT2D eigenvalue weighted by Crippen LogP contribution is 2.58. The molecule has 0 radical (unpaired) electrons. The number of hydrogen-bond donors (Lipinski definition) is 1.